The maximum absolute atomic E-state index is 11.6. The Bertz CT molecular complexity index is 258. The van der Waals surface area contributed by atoms with E-state index < -0.39 is 0 Å². The highest BCUT2D eigenvalue weighted by Crippen LogP contribution is 2.32. The van der Waals surface area contributed by atoms with Crippen LogP contribution >= 0.6 is 0 Å². The van der Waals surface area contributed by atoms with Gasteiger partial charge in [-0.3, -0.25) is 4.79 Å². The van der Waals surface area contributed by atoms with Gasteiger partial charge in [0.15, 0.2) is 0 Å². The van der Waals surface area contributed by atoms with Gasteiger partial charge in [0.05, 0.1) is 5.41 Å². The molecule has 1 aliphatic rings. The van der Waals surface area contributed by atoms with Crippen LogP contribution in [-0.4, -0.2) is 12.1 Å². The number of carbonyl (C=O) groups excluding carboxylic acids is 1. The molecule has 0 aliphatic carbocycles. The van der Waals surface area contributed by atoms with Crippen molar-refractivity contribution in [1.29, 1.82) is 0 Å². The van der Waals surface area contributed by atoms with Crippen molar-refractivity contribution in [2.24, 2.45) is 5.41 Å². The summed E-state index contributed by atoms with van der Waals surface area (Å²) in [5, 5.41) is 0. The SMILES string of the molecule is CCC(=C[C@@H]1CCC(C)(C)C(=O)O1)CC. The lowest BCUT2D eigenvalue weighted by Crippen LogP contribution is -2.36. The summed E-state index contributed by atoms with van der Waals surface area (Å²) >= 11 is 0. The summed E-state index contributed by atoms with van der Waals surface area (Å²) in [6.45, 7) is 8.19. The smallest absolute Gasteiger partial charge is 0.312 e. The third-order valence-electron chi connectivity index (χ3n) is 3.19. The fourth-order valence-corrected chi connectivity index (χ4v) is 1.83. The van der Waals surface area contributed by atoms with E-state index in [0.29, 0.717) is 0 Å². The molecule has 0 radical (unpaired) electrons. The number of carbonyl (C=O) groups is 1. The number of hydrogen-bond donors (Lipinski definition) is 0. The normalized spacial score (nSPS) is 24.5. The summed E-state index contributed by atoms with van der Waals surface area (Å²) in [5.74, 6) is -0.0541. The van der Waals surface area contributed by atoms with Gasteiger partial charge in [0.1, 0.15) is 6.10 Å². The van der Waals surface area contributed by atoms with Crippen molar-refractivity contribution in [2.75, 3.05) is 0 Å². The van der Waals surface area contributed by atoms with Crippen LogP contribution in [0.25, 0.3) is 0 Å². The van der Waals surface area contributed by atoms with Crippen LogP contribution in [0.3, 0.4) is 0 Å². The molecule has 0 aromatic heterocycles. The molecule has 1 rings (SSSR count). The maximum atomic E-state index is 11.6. The van der Waals surface area contributed by atoms with E-state index in [1.807, 2.05) is 13.8 Å². The first kappa shape index (κ1) is 12.3. The van der Waals surface area contributed by atoms with Gasteiger partial charge in [-0.1, -0.05) is 19.4 Å². The van der Waals surface area contributed by atoms with E-state index in [1.165, 1.54) is 5.57 Å². The van der Waals surface area contributed by atoms with Crippen LogP contribution in [0.1, 0.15) is 53.4 Å². The summed E-state index contributed by atoms with van der Waals surface area (Å²) in [7, 11) is 0. The van der Waals surface area contributed by atoms with E-state index in [1.54, 1.807) is 0 Å². The second-order valence-electron chi connectivity index (χ2n) is 4.90. The second kappa shape index (κ2) is 4.82. The van der Waals surface area contributed by atoms with Crippen LogP contribution in [0.4, 0.5) is 0 Å². The molecule has 1 fully saturated rings. The third kappa shape index (κ3) is 3.08. The molecular weight excluding hydrogens is 188 g/mol. The molecule has 0 saturated carbocycles. The minimum atomic E-state index is -0.289. The average molecular weight is 210 g/mol. The van der Waals surface area contributed by atoms with Crippen molar-refractivity contribution in [1.82, 2.24) is 0 Å². The predicted octanol–water partition coefficient (Wildman–Crippen LogP) is 3.46. The van der Waals surface area contributed by atoms with Crippen molar-refractivity contribution >= 4 is 5.97 Å². The molecule has 1 heterocycles. The van der Waals surface area contributed by atoms with Crippen LogP contribution in [-0.2, 0) is 9.53 Å². The van der Waals surface area contributed by atoms with Crippen molar-refractivity contribution in [3.63, 3.8) is 0 Å². The molecule has 0 N–H and O–H groups in total. The predicted molar refractivity (Wildman–Crippen MR) is 61.6 cm³/mol. The Kier molecular flexibility index (Phi) is 3.95. The Balaban J connectivity index is 2.62. The number of cyclic esters (lactones) is 1. The molecule has 15 heavy (non-hydrogen) atoms. The highest BCUT2D eigenvalue weighted by atomic mass is 16.5. The van der Waals surface area contributed by atoms with E-state index >= 15 is 0 Å². The lowest BCUT2D eigenvalue weighted by atomic mass is 9.84. The van der Waals surface area contributed by atoms with Crippen LogP contribution < -0.4 is 0 Å². The zero-order valence-corrected chi connectivity index (χ0v) is 10.3. The standard InChI is InChI=1S/C13H22O2/c1-5-10(6-2)9-11-7-8-13(3,4)12(14)15-11/h9,11H,5-8H2,1-4H3/t11-/m0/s1. The monoisotopic (exact) mass is 210 g/mol. The van der Waals surface area contributed by atoms with Crippen LogP contribution in [0.15, 0.2) is 11.6 Å². The summed E-state index contributed by atoms with van der Waals surface area (Å²) < 4.78 is 5.42. The summed E-state index contributed by atoms with van der Waals surface area (Å²) in [6, 6.07) is 0. The van der Waals surface area contributed by atoms with Gasteiger partial charge in [0, 0.05) is 0 Å². The van der Waals surface area contributed by atoms with Gasteiger partial charge in [0.25, 0.3) is 0 Å². The number of hydrogen-bond acceptors (Lipinski definition) is 2. The average Bonchev–Trinajstić information content (AvgIpc) is 2.20. The van der Waals surface area contributed by atoms with Crippen LogP contribution in [0, 0.1) is 5.41 Å². The second-order valence-corrected chi connectivity index (χ2v) is 4.90. The van der Waals surface area contributed by atoms with Crippen molar-refractivity contribution < 1.29 is 9.53 Å². The van der Waals surface area contributed by atoms with Gasteiger partial charge < -0.3 is 4.74 Å². The molecule has 1 saturated heterocycles. The maximum Gasteiger partial charge on any atom is 0.312 e. The molecule has 0 spiro atoms. The Labute approximate surface area is 92.7 Å². The van der Waals surface area contributed by atoms with E-state index in [0.717, 1.165) is 25.7 Å². The van der Waals surface area contributed by atoms with Crippen molar-refractivity contribution in [3.05, 3.63) is 11.6 Å². The van der Waals surface area contributed by atoms with Gasteiger partial charge in [-0.2, -0.15) is 0 Å². The quantitative estimate of drug-likeness (QED) is 0.526. The van der Waals surface area contributed by atoms with Crippen molar-refractivity contribution in [3.8, 4) is 0 Å². The molecule has 1 atom stereocenters. The lowest BCUT2D eigenvalue weighted by molar-refractivity contribution is -0.164. The Morgan fingerprint density at radius 2 is 2.07 bits per heavy atom. The fourth-order valence-electron chi connectivity index (χ4n) is 1.83. The molecule has 0 bridgehead atoms. The number of esters is 1. The third-order valence-corrected chi connectivity index (χ3v) is 3.19. The molecule has 2 nitrogen and oxygen atoms in total. The molecule has 0 aromatic rings. The Morgan fingerprint density at radius 1 is 1.47 bits per heavy atom. The molecule has 0 unspecified atom stereocenters. The topological polar surface area (TPSA) is 26.3 Å². The lowest BCUT2D eigenvalue weighted by Gasteiger charge is -2.32. The zero-order chi connectivity index (χ0) is 11.5. The van der Waals surface area contributed by atoms with E-state index in [4.69, 9.17) is 4.74 Å². The zero-order valence-electron chi connectivity index (χ0n) is 10.3. The van der Waals surface area contributed by atoms with E-state index in [2.05, 4.69) is 19.9 Å². The summed E-state index contributed by atoms with van der Waals surface area (Å²) in [4.78, 5) is 11.6. The molecule has 0 aromatic carbocycles. The van der Waals surface area contributed by atoms with E-state index in [9.17, 15) is 4.79 Å². The van der Waals surface area contributed by atoms with Gasteiger partial charge in [0.2, 0.25) is 0 Å². The first-order valence-corrected chi connectivity index (χ1v) is 5.90. The van der Waals surface area contributed by atoms with Crippen molar-refractivity contribution in [2.45, 2.75) is 59.5 Å². The Morgan fingerprint density at radius 3 is 2.53 bits per heavy atom. The largest absolute Gasteiger partial charge is 0.458 e. The molecule has 86 valence electrons. The highest BCUT2D eigenvalue weighted by molar-refractivity contribution is 5.76. The van der Waals surface area contributed by atoms with Crippen LogP contribution in [0.5, 0.6) is 0 Å². The Hall–Kier alpha value is -0.790. The molecular formula is C13H22O2. The number of allylic oxidation sites excluding steroid dienone is 1. The van der Waals surface area contributed by atoms with Crippen LogP contribution in [0.2, 0.25) is 0 Å². The minimum Gasteiger partial charge on any atom is -0.458 e. The first-order chi connectivity index (χ1) is 6.99. The molecule has 0 amide bonds. The highest BCUT2D eigenvalue weighted by Gasteiger charge is 2.35. The van der Waals surface area contributed by atoms with Gasteiger partial charge in [-0.25, -0.2) is 0 Å². The molecule has 1 aliphatic heterocycles. The van der Waals surface area contributed by atoms with Gasteiger partial charge in [-0.05, 0) is 45.6 Å². The summed E-state index contributed by atoms with van der Waals surface area (Å²) in [5.41, 5.74) is 1.09. The van der Waals surface area contributed by atoms with E-state index in [-0.39, 0.29) is 17.5 Å². The van der Waals surface area contributed by atoms with Gasteiger partial charge >= 0.3 is 5.97 Å². The minimum absolute atomic E-state index is 0.0143. The first-order valence-electron chi connectivity index (χ1n) is 5.90. The van der Waals surface area contributed by atoms with Gasteiger partial charge in [-0.15, -0.1) is 0 Å². The number of ether oxygens (including phenoxy) is 1. The number of rotatable bonds is 3. The summed E-state index contributed by atoms with van der Waals surface area (Å²) in [6.07, 6.45) is 6.13. The molecule has 2 heteroatoms. The fraction of sp³-hybridized carbons (Fsp3) is 0.769.